The van der Waals surface area contributed by atoms with E-state index in [1.54, 1.807) is 24.3 Å². The lowest BCUT2D eigenvalue weighted by molar-refractivity contribution is 0.464. The Morgan fingerprint density at radius 3 is 2.04 bits per heavy atom. The molecule has 27 heavy (non-hydrogen) atoms. The largest absolute Gasteiger partial charge is 0.508 e. The Bertz CT molecular complexity index is 789. The van der Waals surface area contributed by atoms with E-state index in [4.69, 9.17) is 4.74 Å². The summed E-state index contributed by atoms with van der Waals surface area (Å²) in [7, 11) is 0. The Morgan fingerprint density at radius 2 is 1.41 bits per heavy atom. The summed E-state index contributed by atoms with van der Waals surface area (Å²) in [6.07, 6.45) is 2.03. The van der Waals surface area contributed by atoms with Crippen LogP contribution < -0.4 is 10.1 Å². The highest BCUT2D eigenvalue weighted by atomic mass is 35.5. The lowest BCUT2D eigenvalue weighted by Gasteiger charge is -2.14. The van der Waals surface area contributed by atoms with E-state index >= 15 is 0 Å². The van der Waals surface area contributed by atoms with Crippen LogP contribution in [0.2, 0.25) is 0 Å². The molecule has 2 N–H and O–H groups in total. The van der Waals surface area contributed by atoms with Gasteiger partial charge in [0.15, 0.2) is 0 Å². The van der Waals surface area contributed by atoms with Crippen molar-refractivity contribution in [2.75, 3.05) is 6.54 Å². The van der Waals surface area contributed by atoms with Gasteiger partial charge in [0.25, 0.3) is 0 Å². The monoisotopic (exact) mass is 383 g/mol. The summed E-state index contributed by atoms with van der Waals surface area (Å²) < 4.78 is 5.77. The normalized spacial score (nSPS) is 11.4. The molecule has 0 aromatic heterocycles. The Hall–Kier alpha value is -2.49. The van der Waals surface area contributed by atoms with Gasteiger partial charge in [0, 0.05) is 6.04 Å². The molecule has 3 nitrogen and oxygen atoms in total. The van der Waals surface area contributed by atoms with Crippen LogP contribution in [-0.2, 0) is 12.8 Å². The number of rotatable bonds is 8. The van der Waals surface area contributed by atoms with Crippen LogP contribution in [0.25, 0.3) is 0 Å². The van der Waals surface area contributed by atoms with Crippen molar-refractivity contribution in [1.29, 1.82) is 0 Å². The van der Waals surface area contributed by atoms with Crippen molar-refractivity contribution in [3.63, 3.8) is 0 Å². The molecule has 0 bridgehead atoms. The highest BCUT2D eigenvalue weighted by Gasteiger charge is 2.03. The molecule has 0 aliphatic heterocycles. The quantitative estimate of drug-likeness (QED) is 0.549. The number of nitrogens with one attached hydrogen (secondary N) is 1. The van der Waals surface area contributed by atoms with E-state index in [0.717, 1.165) is 25.1 Å². The van der Waals surface area contributed by atoms with Gasteiger partial charge in [0.1, 0.15) is 17.2 Å². The molecule has 3 aromatic rings. The number of ether oxygens (including phenoxy) is 1. The zero-order valence-electron chi connectivity index (χ0n) is 15.5. The lowest BCUT2D eigenvalue weighted by Crippen LogP contribution is -2.29. The van der Waals surface area contributed by atoms with E-state index in [1.165, 1.54) is 11.1 Å². The fraction of sp³-hybridized carbons (Fsp3) is 0.217. The molecule has 0 radical (unpaired) electrons. The molecule has 0 spiro atoms. The van der Waals surface area contributed by atoms with Gasteiger partial charge in [-0.15, -0.1) is 12.4 Å². The molecule has 1 atom stereocenters. The van der Waals surface area contributed by atoms with Gasteiger partial charge in [-0.05, 0) is 73.8 Å². The number of hydrogen-bond acceptors (Lipinski definition) is 3. The molecule has 4 heteroatoms. The minimum atomic E-state index is 0. The van der Waals surface area contributed by atoms with Crippen LogP contribution in [0.1, 0.15) is 18.1 Å². The second-order valence-electron chi connectivity index (χ2n) is 6.53. The topological polar surface area (TPSA) is 41.5 Å². The zero-order valence-corrected chi connectivity index (χ0v) is 16.3. The van der Waals surface area contributed by atoms with Crippen LogP contribution in [0.5, 0.6) is 17.2 Å². The van der Waals surface area contributed by atoms with Gasteiger partial charge in [-0.2, -0.15) is 0 Å². The number of hydrogen-bond donors (Lipinski definition) is 2. The Kier molecular flexibility index (Phi) is 8.18. The fourth-order valence-corrected chi connectivity index (χ4v) is 2.88. The Labute approximate surface area is 167 Å². The summed E-state index contributed by atoms with van der Waals surface area (Å²) in [5.74, 6) is 1.75. The Balaban J connectivity index is 0.00000261. The van der Waals surface area contributed by atoms with E-state index in [1.807, 2.05) is 12.1 Å². The molecular weight excluding hydrogens is 358 g/mol. The third kappa shape index (κ3) is 6.97. The molecular formula is C23H26ClNO2. The standard InChI is InChI=1S/C23H25NO2.ClH/c1-18(17-20-5-3-2-4-6-20)24-16-15-19-7-11-22(12-8-19)26-23-13-9-21(25)10-14-23;/h2-14,18,24-25H,15-17H2,1H3;1H. The minimum Gasteiger partial charge on any atom is -0.508 e. The summed E-state index contributed by atoms with van der Waals surface area (Å²) in [6.45, 7) is 3.17. The summed E-state index contributed by atoms with van der Waals surface area (Å²) >= 11 is 0. The fourth-order valence-electron chi connectivity index (χ4n) is 2.88. The Morgan fingerprint density at radius 1 is 0.815 bits per heavy atom. The molecule has 0 saturated carbocycles. The van der Waals surface area contributed by atoms with Gasteiger partial charge in [0.2, 0.25) is 0 Å². The molecule has 0 amide bonds. The van der Waals surface area contributed by atoms with Gasteiger partial charge in [-0.25, -0.2) is 0 Å². The second-order valence-corrected chi connectivity index (χ2v) is 6.53. The van der Waals surface area contributed by atoms with Gasteiger partial charge in [-0.3, -0.25) is 0 Å². The first-order valence-corrected chi connectivity index (χ1v) is 9.02. The van der Waals surface area contributed by atoms with Crippen LogP contribution in [0.3, 0.4) is 0 Å². The minimum absolute atomic E-state index is 0. The SMILES string of the molecule is CC(Cc1ccccc1)NCCc1ccc(Oc2ccc(O)cc2)cc1.Cl. The van der Waals surface area contributed by atoms with Crippen molar-refractivity contribution in [3.05, 3.63) is 90.0 Å². The first kappa shape index (κ1) is 20.8. The summed E-state index contributed by atoms with van der Waals surface area (Å²) in [5.41, 5.74) is 2.64. The number of halogens is 1. The van der Waals surface area contributed by atoms with Crippen LogP contribution in [-0.4, -0.2) is 17.7 Å². The maximum absolute atomic E-state index is 9.30. The molecule has 3 rings (SSSR count). The molecule has 3 aromatic carbocycles. The summed E-state index contributed by atoms with van der Waals surface area (Å²) in [5, 5.41) is 12.9. The van der Waals surface area contributed by atoms with Crippen molar-refractivity contribution in [3.8, 4) is 17.2 Å². The van der Waals surface area contributed by atoms with E-state index in [9.17, 15) is 5.11 Å². The van der Waals surface area contributed by atoms with Crippen molar-refractivity contribution in [1.82, 2.24) is 5.32 Å². The number of aromatic hydroxyl groups is 1. The average molecular weight is 384 g/mol. The molecule has 1 unspecified atom stereocenters. The molecule has 0 aliphatic carbocycles. The van der Waals surface area contributed by atoms with Gasteiger partial charge < -0.3 is 15.2 Å². The van der Waals surface area contributed by atoms with Gasteiger partial charge >= 0.3 is 0 Å². The van der Waals surface area contributed by atoms with Crippen LogP contribution in [0.15, 0.2) is 78.9 Å². The van der Waals surface area contributed by atoms with E-state index < -0.39 is 0 Å². The third-order valence-corrected chi connectivity index (χ3v) is 4.29. The molecule has 0 heterocycles. The number of phenols is 1. The van der Waals surface area contributed by atoms with E-state index in [2.05, 4.69) is 54.7 Å². The van der Waals surface area contributed by atoms with Crippen LogP contribution in [0.4, 0.5) is 0 Å². The number of benzene rings is 3. The average Bonchev–Trinajstić information content (AvgIpc) is 2.66. The first-order chi connectivity index (χ1) is 12.7. The van der Waals surface area contributed by atoms with Crippen molar-refractivity contribution < 1.29 is 9.84 Å². The maximum Gasteiger partial charge on any atom is 0.127 e. The summed E-state index contributed by atoms with van der Waals surface area (Å²) in [4.78, 5) is 0. The van der Waals surface area contributed by atoms with E-state index in [0.29, 0.717) is 11.8 Å². The van der Waals surface area contributed by atoms with Crippen LogP contribution >= 0.6 is 12.4 Å². The number of phenolic OH excluding ortho intramolecular Hbond substituents is 1. The molecule has 0 aliphatic rings. The first-order valence-electron chi connectivity index (χ1n) is 9.02. The van der Waals surface area contributed by atoms with Gasteiger partial charge in [0.05, 0.1) is 0 Å². The second kappa shape index (κ2) is 10.6. The predicted octanol–water partition coefficient (Wildman–Crippen LogP) is 5.37. The lowest BCUT2D eigenvalue weighted by atomic mass is 10.1. The summed E-state index contributed by atoms with van der Waals surface area (Å²) in [6, 6.07) is 25.9. The van der Waals surface area contributed by atoms with Crippen molar-refractivity contribution in [2.24, 2.45) is 0 Å². The van der Waals surface area contributed by atoms with Crippen molar-refractivity contribution in [2.45, 2.75) is 25.8 Å². The molecule has 0 fully saturated rings. The highest BCUT2D eigenvalue weighted by Crippen LogP contribution is 2.23. The molecule has 142 valence electrons. The molecule has 0 saturated heterocycles. The smallest absolute Gasteiger partial charge is 0.127 e. The van der Waals surface area contributed by atoms with Gasteiger partial charge in [-0.1, -0.05) is 42.5 Å². The zero-order chi connectivity index (χ0) is 18.2. The van der Waals surface area contributed by atoms with E-state index in [-0.39, 0.29) is 18.2 Å². The van der Waals surface area contributed by atoms with Crippen LogP contribution in [0, 0.1) is 0 Å². The predicted molar refractivity (Wildman–Crippen MR) is 113 cm³/mol. The van der Waals surface area contributed by atoms with Crippen molar-refractivity contribution >= 4 is 12.4 Å². The highest BCUT2D eigenvalue weighted by molar-refractivity contribution is 5.85. The maximum atomic E-state index is 9.30. The third-order valence-electron chi connectivity index (χ3n) is 4.29.